The Morgan fingerprint density at radius 2 is 1.67 bits per heavy atom. The Morgan fingerprint density at radius 3 is 2.15 bits per heavy atom. The molecule has 0 spiro atoms. The molecule has 1 aromatic rings. The predicted molar refractivity (Wildman–Crippen MR) is 86.2 cm³/mol. The fourth-order valence-electron chi connectivity index (χ4n) is 2.38. The van der Waals surface area contributed by atoms with Crippen LogP contribution in [0, 0.1) is 0 Å². The molecule has 1 heterocycles. The SMILES string of the molecule is COC(OC)c1ccc(NC=C2C(=O)OC(C)(C)OC2=O)cc1C(F)(F)F. The third kappa shape index (κ3) is 4.77. The minimum absolute atomic E-state index is 0.0186. The van der Waals surface area contributed by atoms with Crippen LogP contribution < -0.4 is 5.32 Å². The summed E-state index contributed by atoms with van der Waals surface area (Å²) in [5.41, 5.74) is -1.70. The smallest absolute Gasteiger partial charge is 0.416 e. The lowest BCUT2D eigenvalue weighted by Crippen LogP contribution is -2.42. The zero-order valence-electron chi connectivity index (χ0n) is 15.0. The molecule has 0 aliphatic carbocycles. The van der Waals surface area contributed by atoms with Crippen molar-refractivity contribution in [1.82, 2.24) is 0 Å². The van der Waals surface area contributed by atoms with Crippen LogP contribution in [0.4, 0.5) is 18.9 Å². The van der Waals surface area contributed by atoms with E-state index in [4.69, 9.17) is 18.9 Å². The number of hydrogen-bond acceptors (Lipinski definition) is 7. The summed E-state index contributed by atoms with van der Waals surface area (Å²) < 4.78 is 59.7. The number of ether oxygens (including phenoxy) is 4. The van der Waals surface area contributed by atoms with Gasteiger partial charge >= 0.3 is 18.1 Å². The van der Waals surface area contributed by atoms with Crippen LogP contribution in [0.25, 0.3) is 0 Å². The Hall–Kier alpha value is -2.59. The molecule has 1 N–H and O–H groups in total. The Balaban J connectivity index is 2.32. The quantitative estimate of drug-likeness (QED) is 0.359. The molecule has 2 rings (SSSR count). The third-order valence-corrected chi connectivity index (χ3v) is 3.54. The standard InChI is InChI=1S/C17H18F3NO6/c1-16(2)26-13(22)11(14(23)27-16)8-21-9-5-6-10(15(24-3)25-4)12(7-9)17(18,19)20/h5-8,15,21H,1-4H3. The van der Waals surface area contributed by atoms with Gasteiger partial charge in [-0.3, -0.25) is 0 Å². The van der Waals surface area contributed by atoms with Gasteiger partial charge in [-0.1, -0.05) is 6.07 Å². The molecule has 0 saturated carbocycles. The molecule has 148 valence electrons. The molecule has 1 aliphatic rings. The second-order valence-electron chi connectivity index (χ2n) is 5.98. The number of hydrogen-bond donors (Lipinski definition) is 1. The molecule has 0 bridgehead atoms. The molecule has 1 fully saturated rings. The number of esters is 2. The van der Waals surface area contributed by atoms with E-state index in [1.165, 1.54) is 40.2 Å². The highest BCUT2D eigenvalue weighted by Crippen LogP contribution is 2.37. The highest BCUT2D eigenvalue weighted by atomic mass is 19.4. The van der Waals surface area contributed by atoms with Crippen molar-refractivity contribution < 1.29 is 41.7 Å². The summed E-state index contributed by atoms with van der Waals surface area (Å²) in [6.07, 6.45) is -4.96. The summed E-state index contributed by atoms with van der Waals surface area (Å²) in [5, 5.41) is 2.47. The fraction of sp³-hybridized carbons (Fsp3) is 0.412. The monoisotopic (exact) mass is 389 g/mol. The summed E-state index contributed by atoms with van der Waals surface area (Å²) in [6.45, 7) is 2.76. The number of cyclic esters (lactones) is 2. The first kappa shape index (κ1) is 20.7. The van der Waals surface area contributed by atoms with Crippen LogP contribution in [-0.4, -0.2) is 31.9 Å². The van der Waals surface area contributed by atoms with E-state index >= 15 is 0 Å². The number of carbonyl (C=O) groups excluding carboxylic acids is 2. The zero-order chi connectivity index (χ0) is 20.4. The first-order valence-corrected chi connectivity index (χ1v) is 7.68. The van der Waals surface area contributed by atoms with Gasteiger partial charge in [0.25, 0.3) is 5.79 Å². The van der Waals surface area contributed by atoms with Crippen molar-refractivity contribution in [3.05, 3.63) is 41.1 Å². The maximum Gasteiger partial charge on any atom is 0.416 e. The molecule has 1 saturated heterocycles. The number of anilines is 1. The lowest BCUT2D eigenvalue weighted by atomic mass is 10.1. The van der Waals surface area contributed by atoms with Crippen LogP contribution in [0.2, 0.25) is 0 Å². The Bertz CT molecular complexity index is 746. The van der Waals surface area contributed by atoms with Crippen LogP contribution in [0.1, 0.15) is 31.3 Å². The summed E-state index contributed by atoms with van der Waals surface area (Å²) in [7, 11) is 2.43. The number of nitrogens with one attached hydrogen (secondary N) is 1. The third-order valence-electron chi connectivity index (χ3n) is 3.54. The predicted octanol–water partition coefficient (Wildman–Crippen LogP) is 3.13. The van der Waals surface area contributed by atoms with Crippen molar-refractivity contribution in [2.24, 2.45) is 0 Å². The van der Waals surface area contributed by atoms with Crippen molar-refractivity contribution in [3.8, 4) is 0 Å². The fourth-order valence-corrected chi connectivity index (χ4v) is 2.38. The van der Waals surface area contributed by atoms with E-state index in [2.05, 4.69) is 5.32 Å². The van der Waals surface area contributed by atoms with Gasteiger partial charge in [-0.05, 0) is 12.1 Å². The molecule has 10 heteroatoms. The summed E-state index contributed by atoms with van der Waals surface area (Å²) in [5.74, 6) is -3.31. The minimum atomic E-state index is -4.68. The number of halogens is 3. The second-order valence-corrected chi connectivity index (χ2v) is 5.98. The first-order chi connectivity index (χ1) is 12.5. The Labute approximate surface area is 153 Å². The number of alkyl halides is 3. The Morgan fingerprint density at radius 1 is 1.11 bits per heavy atom. The average Bonchev–Trinajstić information content (AvgIpc) is 2.54. The normalized spacial score (nSPS) is 16.8. The first-order valence-electron chi connectivity index (χ1n) is 7.68. The van der Waals surface area contributed by atoms with Crippen molar-refractivity contribution in [1.29, 1.82) is 0 Å². The van der Waals surface area contributed by atoms with E-state index in [-0.39, 0.29) is 11.3 Å². The van der Waals surface area contributed by atoms with Crippen molar-refractivity contribution >= 4 is 17.6 Å². The lowest BCUT2D eigenvalue weighted by Gasteiger charge is -2.29. The molecule has 27 heavy (non-hydrogen) atoms. The van der Waals surface area contributed by atoms with Gasteiger partial charge in [-0.15, -0.1) is 0 Å². The van der Waals surface area contributed by atoms with Gasteiger partial charge in [0.1, 0.15) is 0 Å². The highest BCUT2D eigenvalue weighted by Gasteiger charge is 2.39. The number of benzene rings is 1. The van der Waals surface area contributed by atoms with Gasteiger partial charge in [0, 0.05) is 45.5 Å². The van der Waals surface area contributed by atoms with E-state index in [1.807, 2.05) is 0 Å². The number of methoxy groups -OCH3 is 2. The lowest BCUT2D eigenvalue weighted by molar-refractivity contribution is -0.222. The molecular weight excluding hydrogens is 371 g/mol. The second kappa shape index (κ2) is 7.57. The van der Waals surface area contributed by atoms with Gasteiger partial charge in [0.15, 0.2) is 11.9 Å². The van der Waals surface area contributed by atoms with Crippen LogP contribution in [0.5, 0.6) is 0 Å². The van der Waals surface area contributed by atoms with E-state index in [0.29, 0.717) is 0 Å². The maximum atomic E-state index is 13.4. The van der Waals surface area contributed by atoms with E-state index in [0.717, 1.165) is 12.3 Å². The summed E-state index contributed by atoms with van der Waals surface area (Å²) in [6, 6.07) is 3.29. The molecule has 0 radical (unpaired) electrons. The van der Waals surface area contributed by atoms with E-state index in [9.17, 15) is 22.8 Å². The van der Waals surface area contributed by atoms with Crippen LogP contribution in [-0.2, 0) is 34.7 Å². The van der Waals surface area contributed by atoms with Gasteiger partial charge in [-0.2, -0.15) is 13.2 Å². The van der Waals surface area contributed by atoms with E-state index < -0.39 is 41.3 Å². The molecule has 7 nitrogen and oxygen atoms in total. The largest absolute Gasteiger partial charge is 0.419 e. The summed E-state index contributed by atoms with van der Waals surface area (Å²) >= 11 is 0. The van der Waals surface area contributed by atoms with Gasteiger partial charge in [0.05, 0.1) is 5.56 Å². The van der Waals surface area contributed by atoms with Crippen molar-refractivity contribution in [2.75, 3.05) is 19.5 Å². The molecule has 0 atom stereocenters. The van der Waals surface area contributed by atoms with Gasteiger partial charge in [-0.25, -0.2) is 9.59 Å². The molecule has 0 amide bonds. The van der Waals surface area contributed by atoms with E-state index in [1.54, 1.807) is 0 Å². The van der Waals surface area contributed by atoms with Gasteiger partial charge in [0.2, 0.25) is 0 Å². The molecule has 0 unspecified atom stereocenters. The number of rotatable bonds is 5. The Kier molecular flexibility index (Phi) is 5.81. The summed E-state index contributed by atoms with van der Waals surface area (Å²) in [4.78, 5) is 23.7. The molecular formula is C17H18F3NO6. The van der Waals surface area contributed by atoms with Gasteiger partial charge < -0.3 is 24.3 Å². The topological polar surface area (TPSA) is 83.1 Å². The molecule has 1 aromatic carbocycles. The van der Waals surface area contributed by atoms with Crippen LogP contribution in [0.15, 0.2) is 30.0 Å². The average molecular weight is 389 g/mol. The van der Waals surface area contributed by atoms with Crippen molar-refractivity contribution in [3.63, 3.8) is 0 Å². The minimum Gasteiger partial charge on any atom is -0.419 e. The molecule has 1 aliphatic heterocycles. The number of carbonyl (C=O) groups is 2. The highest BCUT2D eigenvalue weighted by molar-refractivity contribution is 6.15. The molecule has 0 aromatic heterocycles. The van der Waals surface area contributed by atoms with Crippen LogP contribution >= 0.6 is 0 Å². The zero-order valence-corrected chi connectivity index (χ0v) is 15.0. The maximum absolute atomic E-state index is 13.4. The van der Waals surface area contributed by atoms with Crippen molar-refractivity contribution in [2.45, 2.75) is 32.1 Å². The van der Waals surface area contributed by atoms with Crippen LogP contribution in [0.3, 0.4) is 0 Å².